The molecule has 1 aromatic heterocycles. The second-order valence-corrected chi connectivity index (χ2v) is 6.04. The minimum Gasteiger partial charge on any atom is -0.495 e. The van der Waals surface area contributed by atoms with Crippen molar-refractivity contribution in [2.24, 2.45) is 0 Å². The van der Waals surface area contributed by atoms with Gasteiger partial charge in [0.05, 0.1) is 25.0 Å². The van der Waals surface area contributed by atoms with E-state index >= 15 is 0 Å². The molecule has 0 aliphatic carbocycles. The first-order chi connectivity index (χ1) is 12.6. The highest BCUT2D eigenvalue weighted by Crippen LogP contribution is 2.30. The average Bonchev–Trinajstić information content (AvgIpc) is 3.21. The van der Waals surface area contributed by atoms with Crippen LogP contribution < -0.4 is 20.3 Å². The third-order valence-electron chi connectivity index (χ3n) is 4.07. The van der Waals surface area contributed by atoms with Crippen molar-refractivity contribution < 1.29 is 14.3 Å². The van der Waals surface area contributed by atoms with Crippen molar-refractivity contribution in [3.8, 4) is 5.75 Å². The Kier molecular flexibility index (Phi) is 5.35. The van der Waals surface area contributed by atoms with Crippen molar-refractivity contribution in [3.05, 3.63) is 30.5 Å². The van der Waals surface area contributed by atoms with Crippen LogP contribution in [0.4, 0.5) is 16.3 Å². The number of rotatable bonds is 6. The molecule has 1 atom stereocenters. The molecular formula is C17H22N6O3. The molecule has 1 saturated heterocycles. The Labute approximate surface area is 151 Å². The van der Waals surface area contributed by atoms with Crippen LogP contribution in [-0.4, -0.2) is 46.6 Å². The SMILES string of the molecule is CCCn1cc(NC(=O)N[C@H]2CC(=O)N(c3ccccc3OC)C2)nn1. The number of aromatic nitrogens is 3. The highest BCUT2D eigenvalue weighted by molar-refractivity contribution is 5.98. The van der Waals surface area contributed by atoms with Gasteiger partial charge in [0.2, 0.25) is 5.91 Å². The van der Waals surface area contributed by atoms with Gasteiger partial charge in [0.25, 0.3) is 0 Å². The molecule has 1 aliphatic heterocycles. The Morgan fingerprint density at radius 2 is 2.19 bits per heavy atom. The van der Waals surface area contributed by atoms with Crippen LogP contribution in [0.25, 0.3) is 0 Å². The number of hydrogen-bond donors (Lipinski definition) is 2. The molecule has 2 N–H and O–H groups in total. The van der Waals surface area contributed by atoms with Gasteiger partial charge >= 0.3 is 6.03 Å². The lowest BCUT2D eigenvalue weighted by Gasteiger charge is -2.19. The summed E-state index contributed by atoms with van der Waals surface area (Å²) in [6, 6.07) is 6.61. The van der Waals surface area contributed by atoms with E-state index in [0.29, 0.717) is 23.8 Å². The van der Waals surface area contributed by atoms with E-state index in [1.165, 1.54) is 0 Å². The summed E-state index contributed by atoms with van der Waals surface area (Å²) in [7, 11) is 1.56. The maximum absolute atomic E-state index is 12.3. The summed E-state index contributed by atoms with van der Waals surface area (Å²) in [4.78, 5) is 26.1. The first-order valence-corrected chi connectivity index (χ1v) is 8.51. The number of benzene rings is 1. The van der Waals surface area contributed by atoms with Gasteiger partial charge in [-0.3, -0.25) is 14.8 Å². The van der Waals surface area contributed by atoms with E-state index in [9.17, 15) is 9.59 Å². The van der Waals surface area contributed by atoms with E-state index in [1.54, 1.807) is 29.0 Å². The predicted octanol–water partition coefficient (Wildman–Crippen LogP) is 1.62. The molecule has 1 aliphatic rings. The van der Waals surface area contributed by atoms with Crippen molar-refractivity contribution in [3.63, 3.8) is 0 Å². The Bertz CT molecular complexity index is 790. The Morgan fingerprint density at radius 1 is 1.38 bits per heavy atom. The number of anilines is 2. The molecule has 138 valence electrons. The zero-order valence-electron chi connectivity index (χ0n) is 14.8. The number of carbonyl (C=O) groups excluding carboxylic acids is 2. The van der Waals surface area contributed by atoms with Crippen LogP contribution in [0.5, 0.6) is 5.75 Å². The number of urea groups is 1. The zero-order chi connectivity index (χ0) is 18.5. The summed E-state index contributed by atoms with van der Waals surface area (Å²) in [6.07, 6.45) is 2.83. The molecule has 2 aromatic rings. The smallest absolute Gasteiger partial charge is 0.320 e. The third-order valence-corrected chi connectivity index (χ3v) is 4.07. The maximum atomic E-state index is 12.3. The fourth-order valence-electron chi connectivity index (χ4n) is 2.92. The van der Waals surface area contributed by atoms with Gasteiger partial charge in [-0.2, -0.15) is 0 Å². The van der Waals surface area contributed by atoms with Crippen LogP contribution in [0, 0.1) is 0 Å². The molecule has 1 aromatic carbocycles. The summed E-state index contributed by atoms with van der Waals surface area (Å²) >= 11 is 0. The number of methoxy groups -OCH3 is 1. The number of para-hydroxylation sites is 2. The Morgan fingerprint density at radius 3 is 2.96 bits per heavy atom. The normalized spacial score (nSPS) is 16.6. The second-order valence-electron chi connectivity index (χ2n) is 6.04. The van der Waals surface area contributed by atoms with Gasteiger partial charge in [0, 0.05) is 19.5 Å². The van der Waals surface area contributed by atoms with E-state index in [1.807, 2.05) is 25.1 Å². The molecular weight excluding hydrogens is 336 g/mol. The number of nitrogens with zero attached hydrogens (tertiary/aromatic N) is 4. The van der Waals surface area contributed by atoms with Crippen molar-refractivity contribution >= 4 is 23.4 Å². The number of hydrogen-bond acceptors (Lipinski definition) is 5. The fraction of sp³-hybridized carbons (Fsp3) is 0.412. The largest absolute Gasteiger partial charge is 0.495 e. The lowest BCUT2D eigenvalue weighted by molar-refractivity contribution is -0.117. The van der Waals surface area contributed by atoms with Gasteiger partial charge in [0.15, 0.2) is 5.82 Å². The van der Waals surface area contributed by atoms with E-state index in [2.05, 4.69) is 20.9 Å². The number of amides is 3. The fourth-order valence-corrected chi connectivity index (χ4v) is 2.92. The molecule has 1 fully saturated rings. The number of carbonyl (C=O) groups is 2. The summed E-state index contributed by atoms with van der Waals surface area (Å²) in [5, 5.41) is 13.3. The quantitative estimate of drug-likeness (QED) is 0.817. The molecule has 9 nitrogen and oxygen atoms in total. The van der Waals surface area contributed by atoms with Gasteiger partial charge < -0.3 is 15.0 Å². The van der Waals surface area contributed by atoms with Crippen molar-refractivity contribution in [1.29, 1.82) is 0 Å². The van der Waals surface area contributed by atoms with Crippen LogP contribution >= 0.6 is 0 Å². The van der Waals surface area contributed by atoms with Crippen LogP contribution in [0.3, 0.4) is 0 Å². The number of aryl methyl sites for hydroxylation is 1. The lowest BCUT2D eigenvalue weighted by atomic mass is 10.2. The Balaban J connectivity index is 1.59. The molecule has 0 saturated carbocycles. The molecule has 2 heterocycles. The van der Waals surface area contributed by atoms with E-state index in [0.717, 1.165) is 13.0 Å². The lowest BCUT2D eigenvalue weighted by Crippen LogP contribution is -2.39. The topological polar surface area (TPSA) is 101 Å². The monoisotopic (exact) mass is 358 g/mol. The molecule has 0 unspecified atom stereocenters. The molecule has 3 amide bonds. The van der Waals surface area contributed by atoms with Gasteiger partial charge in [0.1, 0.15) is 5.75 Å². The zero-order valence-corrected chi connectivity index (χ0v) is 14.8. The van der Waals surface area contributed by atoms with Crippen LogP contribution in [0.2, 0.25) is 0 Å². The van der Waals surface area contributed by atoms with Gasteiger partial charge in [-0.1, -0.05) is 24.3 Å². The Hall–Kier alpha value is -3.10. The molecule has 26 heavy (non-hydrogen) atoms. The van der Waals surface area contributed by atoms with E-state index < -0.39 is 6.03 Å². The molecule has 0 radical (unpaired) electrons. The average molecular weight is 358 g/mol. The van der Waals surface area contributed by atoms with Crippen LogP contribution in [-0.2, 0) is 11.3 Å². The van der Waals surface area contributed by atoms with Crippen molar-refractivity contribution in [2.45, 2.75) is 32.4 Å². The van der Waals surface area contributed by atoms with Crippen LogP contribution in [0.1, 0.15) is 19.8 Å². The van der Waals surface area contributed by atoms with Gasteiger partial charge in [-0.05, 0) is 18.6 Å². The van der Waals surface area contributed by atoms with E-state index in [-0.39, 0.29) is 18.4 Å². The molecule has 3 rings (SSSR count). The highest BCUT2D eigenvalue weighted by Gasteiger charge is 2.33. The van der Waals surface area contributed by atoms with Crippen molar-refractivity contribution in [1.82, 2.24) is 20.3 Å². The second kappa shape index (κ2) is 7.85. The van der Waals surface area contributed by atoms with E-state index in [4.69, 9.17) is 4.74 Å². The van der Waals surface area contributed by atoms with Crippen molar-refractivity contribution in [2.75, 3.05) is 23.9 Å². The number of nitrogens with one attached hydrogen (secondary N) is 2. The standard InChI is InChI=1S/C17H22N6O3/c1-3-8-22-11-15(20-21-22)19-17(25)18-12-9-16(24)23(10-12)13-6-4-5-7-14(13)26-2/h4-7,11-12H,3,8-10H2,1-2H3,(H2,18,19,25)/t12-/m0/s1. The summed E-state index contributed by atoms with van der Waals surface area (Å²) < 4.78 is 6.98. The summed E-state index contributed by atoms with van der Waals surface area (Å²) in [6.45, 7) is 3.16. The minimum atomic E-state index is -0.409. The molecule has 9 heteroatoms. The first-order valence-electron chi connectivity index (χ1n) is 8.51. The van der Waals surface area contributed by atoms with Crippen LogP contribution in [0.15, 0.2) is 30.5 Å². The predicted molar refractivity (Wildman–Crippen MR) is 96.2 cm³/mol. The van der Waals surface area contributed by atoms with Gasteiger partial charge in [-0.25, -0.2) is 4.79 Å². The summed E-state index contributed by atoms with van der Waals surface area (Å²) in [5.74, 6) is 0.939. The summed E-state index contributed by atoms with van der Waals surface area (Å²) in [5.41, 5.74) is 0.701. The maximum Gasteiger partial charge on any atom is 0.320 e. The molecule has 0 spiro atoms. The van der Waals surface area contributed by atoms with Gasteiger partial charge in [-0.15, -0.1) is 5.10 Å². The number of ether oxygens (including phenoxy) is 1. The highest BCUT2D eigenvalue weighted by atomic mass is 16.5. The minimum absolute atomic E-state index is 0.0614. The molecule has 0 bridgehead atoms. The third kappa shape index (κ3) is 3.93. The first kappa shape index (κ1) is 17.7.